The van der Waals surface area contributed by atoms with Gasteiger partial charge >= 0.3 is 6.03 Å². The number of hydrogen-bond donors (Lipinski definition) is 1. The number of nitrogens with one attached hydrogen (secondary N) is 1. The van der Waals surface area contributed by atoms with E-state index in [4.69, 9.17) is 4.74 Å². The monoisotopic (exact) mass is 422 g/mol. The Bertz CT molecular complexity index is 952. The molecule has 2 aromatic carbocycles. The van der Waals surface area contributed by atoms with Crippen molar-refractivity contribution in [2.45, 2.75) is 26.3 Å². The van der Waals surface area contributed by atoms with Crippen molar-refractivity contribution in [3.63, 3.8) is 0 Å². The molecule has 0 bridgehead atoms. The third-order valence-electron chi connectivity index (χ3n) is 6.26. The summed E-state index contributed by atoms with van der Waals surface area (Å²) in [6, 6.07) is 13.8. The lowest BCUT2D eigenvalue weighted by atomic mass is 10.1. The lowest BCUT2D eigenvalue weighted by Gasteiger charge is -2.36. The average molecular weight is 423 g/mol. The molecule has 3 amide bonds. The molecule has 0 saturated carbocycles. The number of methoxy groups -OCH3 is 1. The number of aryl methyl sites for hydroxylation is 2. The van der Waals surface area contributed by atoms with E-state index < -0.39 is 0 Å². The minimum Gasteiger partial charge on any atom is -0.497 e. The van der Waals surface area contributed by atoms with E-state index in [0.717, 1.165) is 35.8 Å². The first kappa shape index (κ1) is 21.0. The molecule has 0 spiro atoms. The minimum absolute atomic E-state index is 0.0536. The molecule has 0 aliphatic carbocycles. The summed E-state index contributed by atoms with van der Waals surface area (Å²) < 4.78 is 5.22. The number of urea groups is 1. The van der Waals surface area contributed by atoms with Crippen LogP contribution in [0.5, 0.6) is 5.75 Å². The summed E-state index contributed by atoms with van der Waals surface area (Å²) in [4.78, 5) is 31.2. The maximum atomic E-state index is 12.8. The molecule has 7 heteroatoms. The van der Waals surface area contributed by atoms with Crippen molar-refractivity contribution >= 4 is 23.3 Å². The number of rotatable bonds is 4. The van der Waals surface area contributed by atoms with Gasteiger partial charge in [-0.15, -0.1) is 0 Å². The third-order valence-corrected chi connectivity index (χ3v) is 6.26. The number of hydrogen-bond acceptors (Lipinski definition) is 4. The topological polar surface area (TPSA) is 65.1 Å². The van der Waals surface area contributed by atoms with Crippen LogP contribution in [0.3, 0.4) is 0 Å². The third kappa shape index (κ3) is 4.60. The molecule has 1 atom stereocenters. The second-order valence-corrected chi connectivity index (χ2v) is 8.30. The molecule has 7 nitrogen and oxygen atoms in total. The molecule has 2 saturated heterocycles. The summed E-state index contributed by atoms with van der Waals surface area (Å²) in [7, 11) is 1.66. The zero-order chi connectivity index (χ0) is 22.0. The Morgan fingerprint density at radius 2 is 1.65 bits per heavy atom. The lowest BCUT2D eigenvalue weighted by Crippen LogP contribution is -2.53. The Kier molecular flexibility index (Phi) is 6.02. The molecule has 2 heterocycles. The highest BCUT2D eigenvalue weighted by Crippen LogP contribution is 2.24. The highest BCUT2D eigenvalue weighted by molar-refractivity contribution is 5.97. The molecular formula is C24H30N4O3. The van der Waals surface area contributed by atoms with E-state index in [9.17, 15) is 9.59 Å². The van der Waals surface area contributed by atoms with Gasteiger partial charge in [-0.25, -0.2) is 4.79 Å². The molecule has 2 aromatic rings. The van der Waals surface area contributed by atoms with Crippen LogP contribution in [0.25, 0.3) is 0 Å². The van der Waals surface area contributed by atoms with Crippen molar-refractivity contribution in [3.05, 3.63) is 53.6 Å². The molecule has 0 aromatic heterocycles. The highest BCUT2D eigenvalue weighted by atomic mass is 16.5. The molecule has 0 radical (unpaired) electrons. The van der Waals surface area contributed by atoms with E-state index in [0.29, 0.717) is 26.1 Å². The van der Waals surface area contributed by atoms with Gasteiger partial charge in [0.05, 0.1) is 13.2 Å². The number of piperazine rings is 1. The summed E-state index contributed by atoms with van der Waals surface area (Å²) in [5.41, 5.74) is 4.39. The quantitative estimate of drug-likeness (QED) is 0.823. The van der Waals surface area contributed by atoms with Gasteiger partial charge in [0, 0.05) is 50.5 Å². The van der Waals surface area contributed by atoms with E-state index in [1.807, 2.05) is 54.3 Å². The van der Waals surface area contributed by atoms with Crippen LogP contribution in [0.4, 0.5) is 16.2 Å². The van der Waals surface area contributed by atoms with Gasteiger partial charge in [0.1, 0.15) is 5.75 Å². The minimum atomic E-state index is -0.166. The van der Waals surface area contributed by atoms with Crippen molar-refractivity contribution in [2.75, 3.05) is 49.6 Å². The maximum absolute atomic E-state index is 12.8. The van der Waals surface area contributed by atoms with Crippen molar-refractivity contribution < 1.29 is 14.3 Å². The first-order valence-electron chi connectivity index (χ1n) is 10.8. The van der Waals surface area contributed by atoms with Crippen LogP contribution in [0.2, 0.25) is 0 Å². The molecule has 1 N–H and O–H groups in total. The number of anilines is 2. The van der Waals surface area contributed by atoms with Gasteiger partial charge in [-0.3, -0.25) is 4.79 Å². The highest BCUT2D eigenvalue weighted by Gasteiger charge is 2.33. The summed E-state index contributed by atoms with van der Waals surface area (Å²) in [5.74, 6) is 0.889. The van der Waals surface area contributed by atoms with Crippen LogP contribution in [0.15, 0.2) is 42.5 Å². The maximum Gasteiger partial charge on any atom is 0.317 e. The van der Waals surface area contributed by atoms with Gasteiger partial charge in [0.15, 0.2) is 0 Å². The Morgan fingerprint density at radius 3 is 2.29 bits per heavy atom. The Hall–Kier alpha value is -3.22. The Labute approximate surface area is 183 Å². The molecule has 164 valence electrons. The van der Waals surface area contributed by atoms with Crippen molar-refractivity contribution in [1.82, 2.24) is 10.2 Å². The van der Waals surface area contributed by atoms with Gasteiger partial charge in [0.2, 0.25) is 5.91 Å². The van der Waals surface area contributed by atoms with Gasteiger partial charge in [-0.2, -0.15) is 0 Å². The second kappa shape index (κ2) is 8.88. The van der Waals surface area contributed by atoms with Crippen molar-refractivity contribution in [1.29, 1.82) is 0 Å². The fourth-order valence-corrected chi connectivity index (χ4v) is 4.17. The van der Waals surface area contributed by atoms with Gasteiger partial charge < -0.3 is 24.8 Å². The zero-order valence-electron chi connectivity index (χ0n) is 18.4. The van der Waals surface area contributed by atoms with Crippen molar-refractivity contribution in [3.8, 4) is 5.75 Å². The second-order valence-electron chi connectivity index (χ2n) is 8.30. The van der Waals surface area contributed by atoms with Crippen LogP contribution in [-0.2, 0) is 4.79 Å². The number of nitrogens with zero attached hydrogens (tertiary/aromatic N) is 3. The number of benzene rings is 2. The predicted octanol–water partition coefficient (Wildman–Crippen LogP) is 2.95. The van der Waals surface area contributed by atoms with Crippen LogP contribution >= 0.6 is 0 Å². The summed E-state index contributed by atoms with van der Waals surface area (Å²) in [6.07, 6.45) is 0.338. The summed E-state index contributed by atoms with van der Waals surface area (Å²) in [5, 5.41) is 3.06. The van der Waals surface area contributed by atoms with E-state index >= 15 is 0 Å². The first-order valence-corrected chi connectivity index (χ1v) is 10.8. The zero-order valence-corrected chi connectivity index (χ0v) is 18.4. The summed E-state index contributed by atoms with van der Waals surface area (Å²) >= 11 is 0. The molecular weight excluding hydrogens is 392 g/mol. The molecule has 0 unspecified atom stereocenters. The number of amides is 3. The number of carbonyl (C=O) groups is 2. The van der Waals surface area contributed by atoms with E-state index in [2.05, 4.69) is 17.1 Å². The van der Waals surface area contributed by atoms with Crippen LogP contribution in [0, 0.1) is 13.8 Å². The lowest BCUT2D eigenvalue weighted by molar-refractivity contribution is -0.117. The average Bonchev–Trinajstić information content (AvgIpc) is 3.15. The predicted molar refractivity (Wildman–Crippen MR) is 122 cm³/mol. The number of carbonyl (C=O) groups excluding carboxylic acids is 2. The fourth-order valence-electron chi connectivity index (χ4n) is 4.17. The first-order chi connectivity index (χ1) is 14.9. The van der Waals surface area contributed by atoms with Gasteiger partial charge in [0.25, 0.3) is 0 Å². The van der Waals surface area contributed by atoms with E-state index in [-0.39, 0.29) is 18.0 Å². The Morgan fingerprint density at radius 1 is 0.968 bits per heavy atom. The molecule has 31 heavy (non-hydrogen) atoms. The number of ether oxygens (including phenoxy) is 1. The molecule has 2 aliphatic rings. The molecule has 2 fully saturated rings. The van der Waals surface area contributed by atoms with Crippen LogP contribution in [0.1, 0.15) is 17.5 Å². The standard InChI is InChI=1S/C24H30N4O3/c1-17-4-5-21(14-18(17)2)28-16-19(15-23(28)29)25-24(30)27-12-10-26(11-13-27)20-6-8-22(31-3)9-7-20/h4-9,14,19H,10-13,15-16H2,1-3H3,(H,25,30)/t19-/m1/s1. The van der Waals surface area contributed by atoms with Gasteiger partial charge in [-0.1, -0.05) is 6.07 Å². The van der Waals surface area contributed by atoms with E-state index in [1.165, 1.54) is 5.56 Å². The Balaban J connectivity index is 1.30. The smallest absolute Gasteiger partial charge is 0.317 e. The fraction of sp³-hybridized carbons (Fsp3) is 0.417. The van der Waals surface area contributed by atoms with Crippen LogP contribution in [-0.4, -0.2) is 62.7 Å². The molecule has 4 rings (SSSR count). The summed E-state index contributed by atoms with van der Waals surface area (Å²) in [6.45, 7) is 7.47. The van der Waals surface area contributed by atoms with Crippen LogP contribution < -0.4 is 19.9 Å². The van der Waals surface area contributed by atoms with E-state index in [1.54, 1.807) is 12.0 Å². The molecule has 2 aliphatic heterocycles. The van der Waals surface area contributed by atoms with Crippen molar-refractivity contribution in [2.24, 2.45) is 0 Å². The van der Waals surface area contributed by atoms with Gasteiger partial charge in [-0.05, 0) is 61.4 Å². The SMILES string of the molecule is COc1ccc(N2CCN(C(=O)N[C@@H]3CC(=O)N(c4ccc(C)c(C)c4)C3)CC2)cc1. The largest absolute Gasteiger partial charge is 0.497 e. The normalized spacial score (nSPS) is 19.0.